The third kappa shape index (κ3) is 5.06. The third-order valence-corrected chi connectivity index (χ3v) is 6.47. The molecule has 0 atom stereocenters. The number of nitrogens with zero attached hydrogens (tertiary/aromatic N) is 4. The van der Waals surface area contributed by atoms with Crippen LogP contribution in [-0.2, 0) is 11.3 Å². The van der Waals surface area contributed by atoms with Crippen LogP contribution in [0, 0.1) is 5.92 Å². The van der Waals surface area contributed by atoms with E-state index in [4.69, 9.17) is 5.73 Å². The van der Waals surface area contributed by atoms with Gasteiger partial charge in [-0.2, -0.15) is 0 Å². The molecule has 8 heteroatoms. The smallest absolute Gasteiger partial charge is 0.227 e. The number of carbonyl (C=O) groups is 1. The van der Waals surface area contributed by atoms with Gasteiger partial charge in [0.25, 0.3) is 0 Å². The van der Waals surface area contributed by atoms with Gasteiger partial charge in [-0.05, 0) is 30.5 Å². The molecule has 1 saturated heterocycles. The molecule has 0 bridgehead atoms. The average Bonchev–Trinajstić information content (AvgIpc) is 3.47. The number of nitrogens with one attached hydrogen (secondary N) is 1. The molecule has 154 valence electrons. The van der Waals surface area contributed by atoms with E-state index in [0.717, 1.165) is 68.2 Å². The van der Waals surface area contributed by atoms with E-state index >= 15 is 0 Å². The second-order valence-corrected chi connectivity index (χ2v) is 8.51. The van der Waals surface area contributed by atoms with Crippen molar-refractivity contribution in [2.75, 3.05) is 36.4 Å². The highest BCUT2D eigenvalue weighted by molar-refractivity contribution is 7.13. The first-order valence-corrected chi connectivity index (χ1v) is 11.2. The Bertz CT molecular complexity index is 839. The second kappa shape index (κ2) is 9.26. The molecule has 1 aliphatic heterocycles. The van der Waals surface area contributed by atoms with E-state index in [9.17, 15) is 4.79 Å². The predicted octanol–water partition coefficient (Wildman–Crippen LogP) is 2.91. The fourth-order valence-electron chi connectivity index (χ4n) is 3.95. The molecule has 1 aliphatic carbocycles. The molecule has 2 aliphatic rings. The third-order valence-electron chi connectivity index (χ3n) is 5.64. The van der Waals surface area contributed by atoms with Gasteiger partial charge in [0.05, 0.1) is 6.54 Å². The summed E-state index contributed by atoms with van der Waals surface area (Å²) in [6.45, 7) is 3.98. The summed E-state index contributed by atoms with van der Waals surface area (Å²) in [4.78, 5) is 25.7. The minimum Gasteiger partial charge on any atom is -0.370 e. The van der Waals surface area contributed by atoms with E-state index < -0.39 is 0 Å². The Labute approximate surface area is 175 Å². The molecule has 1 aromatic carbocycles. The van der Waals surface area contributed by atoms with Gasteiger partial charge in [0.15, 0.2) is 11.1 Å². The number of hydrogen-bond acceptors (Lipinski definition) is 5. The number of rotatable bonds is 5. The van der Waals surface area contributed by atoms with Gasteiger partial charge in [-0.3, -0.25) is 4.79 Å². The molecule has 3 N–H and O–H groups in total. The minimum absolute atomic E-state index is 0.140. The molecule has 0 unspecified atom stereocenters. The van der Waals surface area contributed by atoms with E-state index in [-0.39, 0.29) is 11.8 Å². The maximum Gasteiger partial charge on any atom is 0.227 e. The van der Waals surface area contributed by atoms with Gasteiger partial charge in [0, 0.05) is 49.4 Å². The predicted molar refractivity (Wildman–Crippen MR) is 118 cm³/mol. The van der Waals surface area contributed by atoms with Gasteiger partial charge in [-0.1, -0.05) is 25.0 Å². The largest absolute Gasteiger partial charge is 0.370 e. The summed E-state index contributed by atoms with van der Waals surface area (Å²) >= 11 is 1.66. The first-order valence-electron chi connectivity index (χ1n) is 10.3. The van der Waals surface area contributed by atoms with Crippen molar-refractivity contribution in [2.24, 2.45) is 16.6 Å². The number of benzene rings is 1. The number of hydrogen-bond donors (Lipinski definition) is 2. The molecule has 2 fully saturated rings. The number of thiazole rings is 1. The standard InChI is InChI=1S/C21H28N6OS/c22-20(26-9-11-27(12-10-26)21-23-8-13-29-21)24-15-16-4-3-7-18(14-16)25-19(28)17-5-1-2-6-17/h3-4,7-8,13-14,17H,1-2,5-6,9-12,15H2,(H2,22,24)(H,25,28). The zero-order chi connectivity index (χ0) is 20.1. The zero-order valence-electron chi connectivity index (χ0n) is 16.6. The lowest BCUT2D eigenvalue weighted by molar-refractivity contribution is -0.119. The van der Waals surface area contributed by atoms with Crippen molar-refractivity contribution in [1.82, 2.24) is 9.88 Å². The Morgan fingerprint density at radius 3 is 2.76 bits per heavy atom. The monoisotopic (exact) mass is 412 g/mol. The van der Waals surface area contributed by atoms with Crippen LogP contribution < -0.4 is 16.0 Å². The SMILES string of the molecule is NC(=NCc1cccc(NC(=O)C2CCCC2)c1)N1CCN(c2nccs2)CC1. The van der Waals surface area contributed by atoms with Gasteiger partial charge < -0.3 is 20.9 Å². The molecule has 29 heavy (non-hydrogen) atoms. The summed E-state index contributed by atoms with van der Waals surface area (Å²) in [7, 11) is 0. The summed E-state index contributed by atoms with van der Waals surface area (Å²) in [5, 5.41) is 6.12. The molecule has 0 radical (unpaired) electrons. The van der Waals surface area contributed by atoms with Crippen molar-refractivity contribution in [3.05, 3.63) is 41.4 Å². The minimum atomic E-state index is 0.140. The van der Waals surface area contributed by atoms with Crippen LogP contribution in [0.2, 0.25) is 0 Å². The summed E-state index contributed by atoms with van der Waals surface area (Å²) in [6.07, 6.45) is 6.16. The summed E-state index contributed by atoms with van der Waals surface area (Å²) in [5.74, 6) is 0.875. The molecule has 1 saturated carbocycles. The van der Waals surface area contributed by atoms with E-state index in [1.807, 2.05) is 35.8 Å². The quantitative estimate of drug-likeness (QED) is 0.582. The average molecular weight is 413 g/mol. The molecule has 7 nitrogen and oxygen atoms in total. The van der Waals surface area contributed by atoms with Crippen molar-refractivity contribution in [3.8, 4) is 0 Å². The Balaban J connectivity index is 1.30. The number of piperazine rings is 1. The maximum absolute atomic E-state index is 12.3. The van der Waals surface area contributed by atoms with Crippen LogP contribution in [-0.4, -0.2) is 47.9 Å². The Kier molecular flexibility index (Phi) is 6.29. The van der Waals surface area contributed by atoms with Crippen LogP contribution in [0.3, 0.4) is 0 Å². The van der Waals surface area contributed by atoms with Crippen molar-refractivity contribution in [1.29, 1.82) is 0 Å². The lowest BCUT2D eigenvalue weighted by Crippen LogP contribution is -2.51. The topological polar surface area (TPSA) is 86.8 Å². The molecule has 2 aromatic rings. The highest BCUT2D eigenvalue weighted by atomic mass is 32.1. The van der Waals surface area contributed by atoms with Crippen LogP contribution in [0.25, 0.3) is 0 Å². The molecular formula is C21H28N6OS. The number of anilines is 2. The van der Waals surface area contributed by atoms with E-state index in [1.54, 1.807) is 11.3 Å². The van der Waals surface area contributed by atoms with E-state index in [0.29, 0.717) is 12.5 Å². The van der Waals surface area contributed by atoms with Crippen molar-refractivity contribution in [2.45, 2.75) is 32.2 Å². The van der Waals surface area contributed by atoms with Crippen molar-refractivity contribution >= 4 is 34.0 Å². The lowest BCUT2D eigenvalue weighted by Gasteiger charge is -2.35. The molecule has 0 spiro atoms. The second-order valence-electron chi connectivity index (χ2n) is 7.63. The van der Waals surface area contributed by atoms with E-state index in [1.165, 1.54) is 0 Å². The fraction of sp³-hybridized carbons (Fsp3) is 0.476. The fourth-order valence-corrected chi connectivity index (χ4v) is 4.65. The normalized spacial score (nSPS) is 18.3. The van der Waals surface area contributed by atoms with Gasteiger partial charge in [-0.25, -0.2) is 9.98 Å². The van der Waals surface area contributed by atoms with Gasteiger partial charge >= 0.3 is 0 Å². The number of aromatic nitrogens is 1. The first-order chi connectivity index (χ1) is 14.2. The Morgan fingerprint density at radius 2 is 2.03 bits per heavy atom. The molecule has 2 heterocycles. The molecular weight excluding hydrogens is 384 g/mol. The van der Waals surface area contributed by atoms with Crippen LogP contribution in [0.15, 0.2) is 40.8 Å². The maximum atomic E-state index is 12.3. The van der Waals surface area contributed by atoms with Crippen LogP contribution in [0.4, 0.5) is 10.8 Å². The van der Waals surface area contributed by atoms with Crippen molar-refractivity contribution in [3.63, 3.8) is 0 Å². The van der Waals surface area contributed by atoms with Crippen molar-refractivity contribution < 1.29 is 4.79 Å². The summed E-state index contributed by atoms with van der Waals surface area (Å²) < 4.78 is 0. The number of nitrogens with two attached hydrogens (primary N) is 1. The number of guanidine groups is 1. The first kappa shape index (κ1) is 19.7. The summed E-state index contributed by atoms with van der Waals surface area (Å²) in [5.41, 5.74) is 8.12. The zero-order valence-corrected chi connectivity index (χ0v) is 17.4. The van der Waals surface area contributed by atoms with Gasteiger partial charge in [-0.15, -0.1) is 11.3 Å². The number of carbonyl (C=O) groups excluding carboxylic acids is 1. The highest BCUT2D eigenvalue weighted by Gasteiger charge is 2.22. The molecule has 1 aromatic heterocycles. The van der Waals surface area contributed by atoms with Crippen LogP contribution in [0.1, 0.15) is 31.2 Å². The molecule has 1 amide bonds. The van der Waals surface area contributed by atoms with Crippen LogP contribution in [0.5, 0.6) is 0 Å². The highest BCUT2D eigenvalue weighted by Crippen LogP contribution is 2.26. The van der Waals surface area contributed by atoms with Gasteiger partial charge in [0.2, 0.25) is 5.91 Å². The van der Waals surface area contributed by atoms with E-state index in [2.05, 4.69) is 25.1 Å². The summed E-state index contributed by atoms with van der Waals surface area (Å²) in [6, 6.07) is 7.89. The number of aliphatic imine (C=N–C) groups is 1. The van der Waals surface area contributed by atoms with Gasteiger partial charge in [0.1, 0.15) is 0 Å². The molecule has 4 rings (SSSR count). The number of amides is 1. The lowest BCUT2D eigenvalue weighted by atomic mass is 10.1. The van der Waals surface area contributed by atoms with Crippen LogP contribution >= 0.6 is 11.3 Å². The Hall–Kier alpha value is -2.61. The Morgan fingerprint density at radius 1 is 1.24 bits per heavy atom.